The van der Waals surface area contributed by atoms with Crippen LogP contribution in [0.1, 0.15) is 30.9 Å². The molecule has 14 heavy (non-hydrogen) atoms. The van der Waals surface area contributed by atoms with Crippen LogP contribution < -0.4 is 5.48 Å². The van der Waals surface area contributed by atoms with Crippen molar-refractivity contribution >= 4 is 0 Å². The van der Waals surface area contributed by atoms with Crippen molar-refractivity contribution in [3.63, 3.8) is 0 Å². The molecule has 1 aromatic rings. The Morgan fingerprint density at radius 3 is 2.64 bits per heavy atom. The highest BCUT2D eigenvalue weighted by Gasteiger charge is 2.07. The molecule has 0 atom stereocenters. The summed E-state index contributed by atoms with van der Waals surface area (Å²) in [5, 5.41) is 3.86. The second-order valence-electron chi connectivity index (χ2n) is 3.83. The predicted octanol–water partition coefficient (Wildman–Crippen LogP) is 1.97. The summed E-state index contributed by atoms with van der Waals surface area (Å²) in [6.45, 7) is 9.40. The molecule has 1 rings (SSSR count). The molecule has 0 amide bonds. The SMILES string of the molecule is Cc1noc(C)c1CNOCC(C)C. The van der Waals surface area contributed by atoms with Gasteiger partial charge in [0.2, 0.25) is 0 Å². The standard InChI is InChI=1S/C10H18N2O2/c1-7(2)6-13-11-5-10-8(3)12-14-9(10)4/h7,11H,5-6H2,1-4H3. The summed E-state index contributed by atoms with van der Waals surface area (Å²) in [6.07, 6.45) is 0. The number of aryl methyl sites for hydroxylation is 2. The van der Waals surface area contributed by atoms with Crippen LogP contribution in [0.15, 0.2) is 4.52 Å². The molecular formula is C10H18N2O2. The minimum atomic E-state index is 0.534. The Hall–Kier alpha value is -0.870. The summed E-state index contributed by atoms with van der Waals surface area (Å²) in [5.74, 6) is 1.38. The Balaban J connectivity index is 2.31. The van der Waals surface area contributed by atoms with Crippen molar-refractivity contribution in [1.29, 1.82) is 0 Å². The van der Waals surface area contributed by atoms with Gasteiger partial charge >= 0.3 is 0 Å². The molecule has 4 nitrogen and oxygen atoms in total. The lowest BCUT2D eigenvalue weighted by atomic mass is 10.2. The quantitative estimate of drug-likeness (QED) is 0.580. The van der Waals surface area contributed by atoms with Gasteiger partial charge in [0.1, 0.15) is 5.76 Å². The van der Waals surface area contributed by atoms with Crippen LogP contribution in [0.5, 0.6) is 0 Å². The van der Waals surface area contributed by atoms with Crippen LogP contribution in [0.4, 0.5) is 0 Å². The zero-order valence-electron chi connectivity index (χ0n) is 9.26. The molecule has 0 bridgehead atoms. The molecule has 0 radical (unpaired) electrons. The number of nitrogens with one attached hydrogen (secondary N) is 1. The average molecular weight is 198 g/mol. The fourth-order valence-corrected chi connectivity index (χ4v) is 1.10. The minimum Gasteiger partial charge on any atom is -0.361 e. The van der Waals surface area contributed by atoms with Gasteiger partial charge in [0.25, 0.3) is 0 Å². The third-order valence-corrected chi connectivity index (χ3v) is 1.95. The van der Waals surface area contributed by atoms with E-state index in [2.05, 4.69) is 24.5 Å². The van der Waals surface area contributed by atoms with Gasteiger partial charge in [-0.15, -0.1) is 0 Å². The van der Waals surface area contributed by atoms with Crippen LogP contribution in [0, 0.1) is 19.8 Å². The zero-order chi connectivity index (χ0) is 10.6. The van der Waals surface area contributed by atoms with Gasteiger partial charge in [-0.2, -0.15) is 5.48 Å². The molecule has 0 saturated carbocycles. The molecule has 1 heterocycles. The number of nitrogens with zero attached hydrogens (tertiary/aromatic N) is 1. The molecule has 1 aromatic heterocycles. The van der Waals surface area contributed by atoms with Crippen molar-refractivity contribution in [2.45, 2.75) is 34.2 Å². The van der Waals surface area contributed by atoms with Crippen molar-refractivity contribution in [3.05, 3.63) is 17.0 Å². The van der Waals surface area contributed by atoms with E-state index < -0.39 is 0 Å². The first-order valence-corrected chi connectivity index (χ1v) is 4.87. The van der Waals surface area contributed by atoms with E-state index in [0.717, 1.165) is 17.0 Å². The van der Waals surface area contributed by atoms with Gasteiger partial charge in [-0.05, 0) is 19.8 Å². The summed E-state index contributed by atoms with van der Waals surface area (Å²) in [6, 6.07) is 0. The highest BCUT2D eigenvalue weighted by Crippen LogP contribution is 2.11. The lowest BCUT2D eigenvalue weighted by Crippen LogP contribution is -2.18. The van der Waals surface area contributed by atoms with Crippen LogP contribution >= 0.6 is 0 Å². The van der Waals surface area contributed by atoms with Crippen LogP contribution in [0.2, 0.25) is 0 Å². The Labute approximate surface area is 84.6 Å². The largest absolute Gasteiger partial charge is 0.361 e. The Bertz CT molecular complexity index is 262. The highest BCUT2D eigenvalue weighted by atomic mass is 16.6. The average Bonchev–Trinajstić information content (AvgIpc) is 2.42. The third-order valence-electron chi connectivity index (χ3n) is 1.95. The number of hydrogen-bond acceptors (Lipinski definition) is 4. The topological polar surface area (TPSA) is 47.3 Å². The zero-order valence-corrected chi connectivity index (χ0v) is 9.26. The fraction of sp³-hybridized carbons (Fsp3) is 0.700. The number of hydrogen-bond donors (Lipinski definition) is 1. The smallest absolute Gasteiger partial charge is 0.138 e. The van der Waals surface area contributed by atoms with E-state index >= 15 is 0 Å². The maximum atomic E-state index is 5.26. The van der Waals surface area contributed by atoms with Gasteiger partial charge in [0, 0.05) is 5.56 Å². The molecule has 1 N–H and O–H groups in total. The van der Waals surface area contributed by atoms with E-state index in [-0.39, 0.29) is 0 Å². The van der Waals surface area contributed by atoms with Gasteiger partial charge < -0.3 is 9.36 Å². The molecular weight excluding hydrogens is 180 g/mol. The molecule has 4 heteroatoms. The lowest BCUT2D eigenvalue weighted by Gasteiger charge is -2.07. The fourth-order valence-electron chi connectivity index (χ4n) is 1.10. The molecule has 0 aliphatic carbocycles. The van der Waals surface area contributed by atoms with Crippen molar-refractivity contribution < 1.29 is 9.36 Å². The number of rotatable bonds is 5. The van der Waals surface area contributed by atoms with Gasteiger partial charge in [-0.25, -0.2) is 0 Å². The summed E-state index contributed by atoms with van der Waals surface area (Å²) in [4.78, 5) is 5.26. The maximum absolute atomic E-state index is 5.26. The van der Waals surface area contributed by atoms with Crippen LogP contribution in [-0.4, -0.2) is 11.8 Å². The molecule has 0 unspecified atom stereocenters. The monoisotopic (exact) mass is 198 g/mol. The Morgan fingerprint density at radius 1 is 1.43 bits per heavy atom. The summed E-state index contributed by atoms with van der Waals surface area (Å²) < 4.78 is 5.03. The second-order valence-corrected chi connectivity index (χ2v) is 3.83. The first-order valence-electron chi connectivity index (χ1n) is 4.87. The second kappa shape index (κ2) is 5.12. The van der Waals surface area contributed by atoms with E-state index in [1.165, 1.54) is 0 Å². The predicted molar refractivity (Wildman–Crippen MR) is 53.6 cm³/mol. The summed E-state index contributed by atoms with van der Waals surface area (Å²) >= 11 is 0. The minimum absolute atomic E-state index is 0.534. The molecule has 0 spiro atoms. The highest BCUT2D eigenvalue weighted by molar-refractivity contribution is 5.19. The molecule has 80 valence electrons. The van der Waals surface area contributed by atoms with Crippen molar-refractivity contribution in [2.24, 2.45) is 5.92 Å². The van der Waals surface area contributed by atoms with Crippen LogP contribution in [0.25, 0.3) is 0 Å². The van der Waals surface area contributed by atoms with E-state index in [0.29, 0.717) is 19.1 Å². The van der Waals surface area contributed by atoms with Crippen LogP contribution in [-0.2, 0) is 11.4 Å². The first-order chi connectivity index (χ1) is 6.61. The molecule has 0 saturated heterocycles. The molecule has 0 fully saturated rings. The van der Waals surface area contributed by atoms with Gasteiger partial charge in [-0.3, -0.25) is 0 Å². The molecule has 0 aromatic carbocycles. The van der Waals surface area contributed by atoms with E-state index in [9.17, 15) is 0 Å². The molecule has 0 aliphatic rings. The van der Waals surface area contributed by atoms with Gasteiger partial charge in [-0.1, -0.05) is 19.0 Å². The summed E-state index contributed by atoms with van der Waals surface area (Å²) in [7, 11) is 0. The van der Waals surface area contributed by atoms with Crippen molar-refractivity contribution in [2.75, 3.05) is 6.61 Å². The van der Waals surface area contributed by atoms with Crippen molar-refractivity contribution in [3.8, 4) is 0 Å². The van der Waals surface area contributed by atoms with Gasteiger partial charge in [0.15, 0.2) is 0 Å². The normalized spacial score (nSPS) is 11.2. The summed E-state index contributed by atoms with van der Waals surface area (Å²) in [5.41, 5.74) is 4.90. The van der Waals surface area contributed by atoms with E-state index in [4.69, 9.17) is 9.36 Å². The number of hydroxylamine groups is 1. The van der Waals surface area contributed by atoms with E-state index in [1.54, 1.807) is 0 Å². The molecule has 0 aliphatic heterocycles. The Morgan fingerprint density at radius 2 is 2.14 bits per heavy atom. The number of aromatic nitrogens is 1. The maximum Gasteiger partial charge on any atom is 0.138 e. The van der Waals surface area contributed by atoms with E-state index in [1.807, 2.05) is 13.8 Å². The first kappa shape index (κ1) is 11.2. The lowest BCUT2D eigenvalue weighted by molar-refractivity contribution is 0.0194. The van der Waals surface area contributed by atoms with Crippen LogP contribution in [0.3, 0.4) is 0 Å². The Kier molecular flexibility index (Phi) is 4.10. The van der Waals surface area contributed by atoms with Gasteiger partial charge in [0.05, 0.1) is 18.8 Å². The van der Waals surface area contributed by atoms with Crippen molar-refractivity contribution in [1.82, 2.24) is 10.6 Å². The third kappa shape index (κ3) is 3.12.